The molecule has 0 unspecified atom stereocenters. The van der Waals surface area contributed by atoms with Crippen LogP contribution in [0.4, 0.5) is 18.9 Å². The van der Waals surface area contributed by atoms with Crippen molar-refractivity contribution >= 4 is 23.2 Å². The first-order valence-corrected chi connectivity index (χ1v) is 7.10. The Bertz CT molecular complexity index is 699. The molecule has 0 aliphatic heterocycles. The maximum absolute atomic E-state index is 12.8. The van der Waals surface area contributed by atoms with E-state index in [9.17, 15) is 18.0 Å². The number of hydrogen-bond acceptors (Lipinski definition) is 2. The molecule has 0 radical (unpaired) electrons. The third-order valence-corrected chi connectivity index (χ3v) is 3.29. The van der Waals surface area contributed by atoms with Gasteiger partial charge in [0.15, 0.2) is 0 Å². The Balaban J connectivity index is 2.17. The number of carbonyl (C=O) groups is 1. The maximum atomic E-state index is 12.8. The van der Waals surface area contributed by atoms with Gasteiger partial charge < -0.3 is 10.1 Å². The molecule has 2 aromatic carbocycles. The van der Waals surface area contributed by atoms with Crippen LogP contribution in [0.25, 0.3) is 0 Å². The molecule has 1 N–H and O–H groups in total. The fourth-order valence-corrected chi connectivity index (χ4v) is 2.12. The van der Waals surface area contributed by atoms with E-state index < -0.39 is 22.7 Å². The molecule has 7 heteroatoms. The molecule has 3 nitrogen and oxygen atoms in total. The highest BCUT2D eigenvalue weighted by Crippen LogP contribution is 2.36. The number of nitrogens with one attached hydrogen (secondary N) is 1. The first kappa shape index (κ1) is 17.1. The highest BCUT2D eigenvalue weighted by atomic mass is 35.5. The predicted molar refractivity (Wildman–Crippen MR) is 82.0 cm³/mol. The lowest BCUT2D eigenvalue weighted by Crippen LogP contribution is -2.13. The van der Waals surface area contributed by atoms with E-state index in [1.807, 2.05) is 6.92 Å². The van der Waals surface area contributed by atoms with Crippen LogP contribution in [0.15, 0.2) is 42.5 Å². The second kappa shape index (κ2) is 6.91. The molecule has 2 rings (SSSR count). The van der Waals surface area contributed by atoms with E-state index >= 15 is 0 Å². The van der Waals surface area contributed by atoms with Gasteiger partial charge in [-0.2, -0.15) is 13.2 Å². The zero-order chi connectivity index (χ0) is 17.0. The van der Waals surface area contributed by atoms with Crippen LogP contribution in [0, 0.1) is 0 Å². The Morgan fingerprint density at radius 1 is 1.17 bits per heavy atom. The first-order chi connectivity index (χ1) is 10.8. The summed E-state index contributed by atoms with van der Waals surface area (Å²) in [6.07, 6.45) is -4.59. The highest BCUT2D eigenvalue weighted by Gasteiger charge is 2.33. The second-order valence-corrected chi connectivity index (χ2v) is 5.01. The summed E-state index contributed by atoms with van der Waals surface area (Å²) in [4.78, 5) is 12.1. The van der Waals surface area contributed by atoms with Crippen molar-refractivity contribution in [3.8, 4) is 5.75 Å². The van der Waals surface area contributed by atoms with Gasteiger partial charge in [0.05, 0.1) is 17.2 Å². The molecule has 0 aliphatic carbocycles. The Morgan fingerprint density at radius 3 is 2.39 bits per heavy atom. The molecule has 0 saturated carbocycles. The number of ether oxygens (including phenoxy) is 1. The smallest absolute Gasteiger partial charge is 0.417 e. The van der Waals surface area contributed by atoms with Gasteiger partial charge in [0.2, 0.25) is 0 Å². The third-order valence-electron chi connectivity index (χ3n) is 2.96. The van der Waals surface area contributed by atoms with Crippen LogP contribution >= 0.6 is 11.6 Å². The van der Waals surface area contributed by atoms with Crippen molar-refractivity contribution in [3.05, 3.63) is 58.6 Å². The molecular formula is C16H13ClF3NO2. The normalized spacial score (nSPS) is 11.2. The van der Waals surface area contributed by atoms with E-state index in [0.29, 0.717) is 17.9 Å². The largest absolute Gasteiger partial charge is 0.494 e. The Hall–Kier alpha value is -2.21. The lowest BCUT2D eigenvalue weighted by atomic mass is 10.1. The van der Waals surface area contributed by atoms with Crippen LogP contribution in [-0.2, 0) is 6.18 Å². The minimum atomic E-state index is -4.59. The quantitative estimate of drug-likeness (QED) is 0.847. The number of benzene rings is 2. The number of anilines is 1. The molecule has 23 heavy (non-hydrogen) atoms. The Labute approximate surface area is 136 Å². The molecule has 0 atom stereocenters. The third kappa shape index (κ3) is 4.39. The van der Waals surface area contributed by atoms with Crippen molar-refractivity contribution in [1.29, 1.82) is 0 Å². The number of alkyl halides is 3. The number of amides is 1. The summed E-state index contributed by atoms with van der Waals surface area (Å²) in [5, 5.41) is 1.99. The van der Waals surface area contributed by atoms with Crippen molar-refractivity contribution in [2.24, 2.45) is 0 Å². The van der Waals surface area contributed by atoms with Gasteiger partial charge in [-0.1, -0.05) is 11.6 Å². The molecule has 0 aromatic heterocycles. The highest BCUT2D eigenvalue weighted by molar-refractivity contribution is 6.31. The van der Waals surface area contributed by atoms with Gasteiger partial charge in [0, 0.05) is 11.3 Å². The number of carbonyl (C=O) groups excluding carboxylic acids is 1. The van der Waals surface area contributed by atoms with Crippen molar-refractivity contribution < 1.29 is 22.7 Å². The van der Waals surface area contributed by atoms with Gasteiger partial charge >= 0.3 is 6.18 Å². The molecule has 0 spiro atoms. The monoisotopic (exact) mass is 343 g/mol. The number of rotatable bonds is 4. The lowest BCUT2D eigenvalue weighted by Gasteiger charge is -2.12. The Kier molecular flexibility index (Phi) is 5.15. The summed E-state index contributed by atoms with van der Waals surface area (Å²) in [6, 6.07) is 9.49. The van der Waals surface area contributed by atoms with Gasteiger partial charge in [0.1, 0.15) is 5.75 Å². The Morgan fingerprint density at radius 2 is 1.83 bits per heavy atom. The molecule has 0 fully saturated rings. The zero-order valence-corrected chi connectivity index (χ0v) is 12.8. The van der Waals surface area contributed by atoms with E-state index in [1.165, 1.54) is 18.2 Å². The van der Waals surface area contributed by atoms with E-state index in [4.69, 9.17) is 16.3 Å². The fraction of sp³-hybridized carbons (Fsp3) is 0.188. The van der Waals surface area contributed by atoms with Crippen molar-refractivity contribution in [2.45, 2.75) is 13.1 Å². The van der Waals surface area contributed by atoms with Crippen LogP contribution in [0.1, 0.15) is 22.8 Å². The molecule has 0 aliphatic rings. The SMILES string of the molecule is CCOc1ccc(C(=O)Nc2ccc(Cl)c(C(F)(F)F)c2)cc1. The molecule has 2 aromatic rings. The van der Waals surface area contributed by atoms with Crippen molar-refractivity contribution in [3.63, 3.8) is 0 Å². The standard InChI is InChI=1S/C16H13ClF3NO2/c1-2-23-12-6-3-10(4-7-12)15(22)21-11-5-8-14(17)13(9-11)16(18,19)20/h3-9H,2H2,1H3,(H,21,22). The van der Waals surface area contributed by atoms with Crippen LogP contribution < -0.4 is 10.1 Å². The van der Waals surface area contributed by atoms with Crippen molar-refractivity contribution in [2.75, 3.05) is 11.9 Å². The lowest BCUT2D eigenvalue weighted by molar-refractivity contribution is -0.137. The van der Waals surface area contributed by atoms with Gasteiger partial charge in [-0.15, -0.1) is 0 Å². The fourth-order valence-electron chi connectivity index (χ4n) is 1.89. The first-order valence-electron chi connectivity index (χ1n) is 6.72. The molecule has 0 heterocycles. The van der Waals surface area contributed by atoms with E-state index in [1.54, 1.807) is 12.1 Å². The topological polar surface area (TPSA) is 38.3 Å². The summed E-state index contributed by atoms with van der Waals surface area (Å²) in [5.41, 5.74) is -0.679. The van der Waals surface area contributed by atoms with E-state index in [-0.39, 0.29) is 5.69 Å². The molecule has 0 bridgehead atoms. The van der Waals surface area contributed by atoms with Gasteiger partial charge in [-0.05, 0) is 49.4 Å². The van der Waals surface area contributed by atoms with Gasteiger partial charge in [-0.25, -0.2) is 0 Å². The van der Waals surface area contributed by atoms with Crippen LogP contribution in [-0.4, -0.2) is 12.5 Å². The average Bonchev–Trinajstić information content (AvgIpc) is 2.49. The second-order valence-electron chi connectivity index (χ2n) is 4.60. The van der Waals surface area contributed by atoms with Crippen LogP contribution in [0.5, 0.6) is 5.75 Å². The number of halogens is 4. The minimum absolute atomic E-state index is 0.0145. The van der Waals surface area contributed by atoms with E-state index in [2.05, 4.69) is 5.32 Å². The molecule has 1 amide bonds. The maximum Gasteiger partial charge on any atom is 0.417 e. The summed E-state index contributed by atoms with van der Waals surface area (Å²) >= 11 is 5.53. The van der Waals surface area contributed by atoms with Crippen molar-refractivity contribution in [1.82, 2.24) is 0 Å². The number of hydrogen-bond donors (Lipinski definition) is 1. The molecule has 0 saturated heterocycles. The summed E-state index contributed by atoms with van der Waals surface area (Å²) in [5.74, 6) is 0.0818. The average molecular weight is 344 g/mol. The summed E-state index contributed by atoms with van der Waals surface area (Å²) in [7, 11) is 0. The van der Waals surface area contributed by atoms with E-state index in [0.717, 1.165) is 12.1 Å². The van der Waals surface area contributed by atoms with Gasteiger partial charge in [0.25, 0.3) is 5.91 Å². The van der Waals surface area contributed by atoms with Gasteiger partial charge in [-0.3, -0.25) is 4.79 Å². The van der Waals surface area contributed by atoms with Crippen LogP contribution in [0.3, 0.4) is 0 Å². The predicted octanol–water partition coefficient (Wildman–Crippen LogP) is 5.01. The zero-order valence-electron chi connectivity index (χ0n) is 12.1. The summed E-state index contributed by atoms with van der Waals surface area (Å²) in [6.45, 7) is 2.33. The van der Waals surface area contributed by atoms with Crippen LogP contribution in [0.2, 0.25) is 5.02 Å². The minimum Gasteiger partial charge on any atom is -0.494 e. The molecule has 122 valence electrons. The molecular weight excluding hydrogens is 331 g/mol. The summed E-state index contributed by atoms with van der Waals surface area (Å²) < 4.78 is 43.6.